The molecule has 1 aliphatic carbocycles. The van der Waals surface area contributed by atoms with Gasteiger partial charge in [-0.1, -0.05) is 22.9 Å². The fourth-order valence-corrected chi connectivity index (χ4v) is 3.48. The maximum absolute atomic E-state index is 12.7. The highest BCUT2D eigenvalue weighted by Crippen LogP contribution is 2.30. The van der Waals surface area contributed by atoms with E-state index in [1.165, 1.54) is 0 Å². The van der Waals surface area contributed by atoms with Crippen molar-refractivity contribution in [3.05, 3.63) is 69.9 Å². The van der Waals surface area contributed by atoms with Crippen molar-refractivity contribution in [2.75, 3.05) is 5.32 Å². The maximum atomic E-state index is 12.7. The van der Waals surface area contributed by atoms with E-state index >= 15 is 0 Å². The number of hydrazone groups is 1. The Kier molecular flexibility index (Phi) is 5.22. The van der Waals surface area contributed by atoms with Crippen LogP contribution >= 0.6 is 0 Å². The molecule has 30 heavy (non-hydrogen) atoms. The van der Waals surface area contributed by atoms with Crippen molar-refractivity contribution in [2.45, 2.75) is 40.0 Å². The lowest BCUT2D eigenvalue weighted by atomic mass is 9.93. The van der Waals surface area contributed by atoms with E-state index in [-0.39, 0.29) is 11.7 Å². The molecule has 2 amide bonds. The van der Waals surface area contributed by atoms with Gasteiger partial charge in [0.25, 0.3) is 11.8 Å². The van der Waals surface area contributed by atoms with Crippen LogP contribution in [0.2, 0.25) is 0 Å². The molecule has 8 heteroatoms. The van der Waals surface area contributed by atoms with Crippen LogP contribution in [0.5, 0.6) is 0 Å². The molecule has 0 aliphatic heterocycles. The van der Waals surface area contributed by atoms with Gasteiger partial charge in [-0.3, -0.25) is 9.59 Å². The first-order valence-corrected chi connectivity index (χ1v) is 9.73. The number of hydrogen-bond acceptors (Lipinski definition) is 6. The number of hydrogen-bond donors (Lipinski definition) is 2. The van der Waals surface area contributed by atoms with E-state index in [9.17, 15) is 9.59 Å². The summed E-state index contributed by atoms with van der Waals surface area (Å²) in [6.45, 7) is 5.52. The first kappa shape index (κ1) is 19.6. The number of carbonyl (C=O) groups is 2. The van der Waals surface area contributed by atoms with Crippen LogP contribution in [0, 0.1) is 20.8 Å². The zero-order valence-corrected chi connectivity index (χ0v) is 17.0. The van der Waals surface area contributed by atoms with Crippen LogP contribution in [0.25, 0.3) is 0 Å². The SMILES string of the molecule is Cc1ccc(C(=O)N/N=C2\CCCc3oc(C(=O)Nc4cc(C)on4)c(C)c32)cc1. The lowest BCUT2D eigenvalue weighted by molar-refractivity contribution is 0.0953. The molecule has 2 heterocycles. The van der Waals surface area contributed by atoms with Crippen LogP contribution in [0.3, 0.4) is 0 Å². The monoisotopic (exact) mass is 406 g/mol. The van der Waals surface area contributed by atoms with Crippen molar-refractivity contribution < 1.29 is 18.5 Å². The fraction of sp³-hybridized carbons (Fsp3) is 0.273. The van der Waals surface area contributed by atoms with E-state index in [4.69, 9.17) is 8.94 Å². The van der Waals surface area contributed by atoms with Crippen molar-refractivity contribution in [3.8, 4) is 0 Å². The average molecular weight is 406 g/mol. The molecule has 8 nitrogen and oxygen atoms in total. The molecule has 1 aromatic carbocycles. The second-order valence-electron chi connectivity index (χ2n) is 7.35. The second kappa shape index (κ2) is 7.98. The number of amides is 2. The summed E-state index contributed by atoms with van der Waals surface area (Å²) in [5, 5.41) is 10.8. The first-order chi connectivity index (χ1) is 14.4. The molecule has 1 aliphatic rings. The van der Waals surface area contributed by atoms with E-state index in [1.54, 1.807) is 25.1 Å². The Hall–Kier alpha value is -3.68. The highest BCUT2D eigenvalue weighted by molar-refractivity contribution is 6.09. The summed E-state index contributed by atoms with van der Waals surface area (Å²) < 4.78 is 10.8. The third-order valence-electron chi connectivity index (χ3n) is 5.01. The van der Waals surface area contributed by atoms with Crippen LogP contribution in [0.1, 0.15) is 62.0 Å². The number of anilines is 1. The predicted octanol–water partition coefficient (Wildman–Crippen LogP) is 3.92. The number of nitrogens with one attached hydrogen (secondary N) is 2. The second-order valence-corrected chi connectivity index (χ2v) is 7.35. The molecular formula is C22H22N4O4. The Balaban J connectivity index is 1.56. The molecule has 0 saturated carbocycles. The van der Waals surface area contributed by atoms with Crippen LogP contribution in [-0.2, 0) is 6.42 Å². The minimum absolute atomic E-state index is 0.208. The van der Waals surface area contributed by atoms with Gasteiger partial charge in [0.1, 0.15) is 11.5 Å². The van der Waals surface area contributed by atoms with Gasteiger partial charge in [0.15, 0.2) is 11.6 Å². The Bertz CT molecular complexity index is 1140. The molecule has 3 aromatic rings. The van der Waals surface area contributed by atoms with Gasteiger partial charge in [-0.25, -0.2) is 5.43 Å². The van der Waals surface area contributed by atoms with Gasteiger partial charge < -0.3 is 14.3 Å². The van der Waals surface area contributed by atoms with E-state index in [1.807, 2.05) is 26.0 Å². The number of aromatic nitrogens is 1. The Labute approximate surface area is 173 Å². The van der Waals surface area contributed by atoms with Gasteiger partial charge in [-0.2, -0.15) is 5.10 Å². The maximum Gasteiger partial charge on any atom is 0.292 e. The minimum Gasteiger partial charge on any atom is -0.455 e. The third kappa shape index (κ3) is 3.89. The molecule has 2 N–H and O–H groups in total. The van der Waals surface area contributed by atoms with Gasteiger partial charge in [0, 0.05) is 29.2 Å². The third-order valence-corrected chi connectivity index (χ3v) is 5.01. The van der Waals surface area contributed by atoms with Crippen LogP contribution in [0.15, 0.2) is 44.4 Å². The van der Waals surface area contributed by atoms with E-state index in [0.29, 0.717) is 47.0 Å². The van der Waals surface area contributed by atoms with Crippen molar-refractivity contribution in [1.29, 1.82) is 0 Å². The number of benzene rings is 1. The molecule has 0 unspecified atom stereocenters. The number of aryl methyl sites for hydroxylation is 3. The van der Waals surface area contributed by atoms with Gasteiger partial charge in [0.05, 0.1) is 5.71 Å². The highest BCUT2D eigenvalue weighted by atomic mass is 16.5. The molecule has 0 atom stereocenters. The van der Waals surface area contributed by atoms with E-state index in [0.717, 1.165) is 17.5 Å². The standard InChI is InChI=1S/C22H22N4O4/c1-12-7-9-15(10-8-12)21(27)25-24-16-5-4-6-17-19(16)14(3)20(29-17)22(28)23-18-11-13(2)30-26-18/h7-11H,4-6H2,1-3H3,(H,25,27)(H,23,26,28)/b24-16+. The Morgan fingerprint density at radius 1 is 1.07 bits per heavy atom. The van der Waals surface area contributed by atoms with Gasteiger partial charge in [0.2, 0.25) is 0 Å². The van der Waals surface area contributed by atoms with Crippen molar-refractivity contribution >= 4 is 23.3 Å². The molecular weight excluding hydrogens is 384 g/mol. The lowest BCUT2D eigenvalue weighted by Crippen LogP contribution is -2.22. The summed E-state index contributed by atoms with van der Waals surface area (Å²) in [5.74, 6) is 1.14. The summed E-state index contributed by atoms with van der Waals surface area (Å²) in [7, 11) is 0. The summed E-state index contributed by atoms with van der Waals surface area (Å²) in [6.07, 6.45) is 2.21. The molecule has 0 radical (unpaired) electrons. The van der Waals surface area contributed by atoms with Crippen molar-refractivity contribution in [1.82, 2.24) is 10.6 Å². The van der Waals surface area contributed by atoms with Crippen LogP contribution in [0.4, 0.5) is 5.82 Å². The van der Waals surface area contributed by atoms with Crippen molar-refractivity contribution in [2.24, 2.45) is 5.10 Å². The number of nitrogens with zero attached hydrogens (tertiary/aromatic N) is 2. The normalized spacial score (nSPS) is 14.4. The van der Waals surface area contributed by atoms with Gasteiger partial charge in [-0.05, 0) is 45.7 Å². The zero-order chi connectivity index (χ0) is 21.3. The quantitative estimate of drug-likeness (QED) is 0.638. The summed E-state index contributed by atoms with van der Waals surface area (Å²) in [5.41, 5.74) is 6.41. The minimum atomic E-state index is -0.404. The Morgan fingerprint density at radius 3 is 2.53 bits per heavy atom. The van der Waals surface area contributed by atoms with Crippen molar-refractivity contribution in [3.63, 3.8) is 0 Å². The molecule has 0 bridgehead atoms. The Morgan fingerprint density at radius 2 is 1.83 bits per heavy atom. The van der Waals surface area contributed by atoms with Gasteiger partial charge >= 0.3 is 0 Å². The first-order valence-electron chi connectivity index (χ1n) is 9.73. The fourth-order valence-electron chi connectivity index (χ4n) is 3.48. The average Bonchev–Trinajstić information content (AvgIpc) is 3.29. The number of furan rings is 1. The lowest BCUT2D eigenvalue weighted by Gasteiger charge is -2.13. The summed E-state index contributed by atoms with van der Waals surface area (Å²) >= 11 is 0. The number of carbonyl (C=O) groups excluding carboxylic acids is 2. The highest BCUT2D eigenvalue weighted by Gasteiger charge is 2.28. The smallest absolute Gasteiger partial charge is 0.292 e. The number of fused-ring (bicyclic) bond motifs is 1. The molecule has 154 valence electrons. The molecule has 0 saturated heterocycles. The molecule has 0 fully saturated rings. The zero-order valence-electron chi connectivity index (χ0n) is 17.0. The molecule has 2 aromatic heterocycles. The summed E-state index contributed by atoms with van der Waals surface area (Å²) in [6, 6.07) is 8.90. The topological polar surface area (TPSA) is 110 Å². The van der Waals surface area contributed by atoms with E-state index < -0.39 is 5.91 Å². The molecule has 0 spiro atoms. The van der Waals surface area contributed by atoms with Crippen LogP contribution in [-0.4, -0.2) is 22.7 Å². The number of rotatable bonds is 4. The van der Waals surface area contributed by atoms with Crippen LogP contribution < -0.4 is 10.7 Å². The molecule has 4 rings (SSSR count). The van der Waals surface area contributed by atoms with E-state index in [2.05, 4.69) is 21.0 Å². The largest absolute Gasteiger partial charge is 0.455 e. The summed E-state index contributed by atoms with van der Waals surface area (Å²) in [4.78, 5) is 25.0. The predicted molar refractivity (Wildman–Crippen MR) is 111 cm³/mol. The van der Waals surface area contributed by atoms with Gasteiger partial charge in [-0.15, -0.1) is 0 Å².